The van der Waals surface area contributed by atoms with Crippen molar-refractivity contribution in [2.75, 3.05) is 0 Å². The molecule has 2 amide bonds. The molecule has 0 aliphatic heterocycles. The van der Waals surface area contributed by atoms with E-state index in [1.807, 2.05) is 45.0 Å². The quantitative estimate of drug-likeness (QED) is 0.800. The van der Waals surface area contributed by atoms with Crippen LogP contribution in [0.2, 0.25) is 0 Å². The van der Waals surface area contributed by atoms with Crippen molar-refractivity contribution < 1.29 is 9.59 Å². The lowest BCUT2D eigenvalue weighted by Gasteiger charge is -2.29. The predicted octanol–water partition coefficient (Wildman–Crippen LogP) is 3.49. The lowest BCUT2D eigenvalue weighted by molar-refractivity contribution is -0.140. The van der Waals surface area contributed by atoms with Gasteiger partial charge in [0.15, 0.2) is 0 Å². The number of carbonyl (C=O) groups is 2. The lowest BCUT2D eigenvalue weighted by Crippen LogP contribution is -2.49. The third-order valence-corrected chi connectivity index (χ3v) is 4.27. The largest absolute Gasteiger partial charge is 0.352 e. The maximum atomic E-state index is 12.3. The summed E-state index contributed by atoms with van der Waals surface area (Å²) in [5.41, 5.74) is 1.01. The highest BCUT2D eigenvalue weighted by atomic mass is 79.9. The molecular formula is C17H25BrN2O2. The van der Waals surface area contributed by atoms with E-state index in [4.69, 9.17) is 0 Å². The molecule has 0 aliphatic carbocycles. The second kappa shape index (κ2) is 8.93. The molecule has 2 unspecified atom stereocenters. The van der Waals surface area contributed by atoms with Crippen LogP contribution in [0.25, 0.3) is 0 Å². The number of carbonyl (C=O) groups excluding carboxylic acids is 2. The Morgan fingerprint density at radius 1 is 1.18 bits per heavy atom. The molecule has 22 heavy (non-hydrogen) atoms. The normalized spacial score (nSPS) is 13.3. The van der Waals surface area contributed by atoms with E-state index in [9.17, 15) is 9.59 Å². The molecule has 1 rings (SSSR count). The van der Waals surface area contributed by atoms with Crippen molar-refractivity contribution in [3.8, 4) is 0 Å². The zero-order valence-corrected chi connectivity index (χ0v) is 15.3. The fourth-order valence-electron chi connectivity index (χ4n) is 2.04. The number of hydrogen-bond acceptors (Lipinski definition) is 2. The summed E-state index contributed by atoms with van der Waals surface area (Å²) in [4.78, 5) is 26.2. The minimum absolute atomic E-state index is 0.0188. The smallest absolute Gasteiger partial charge is 0.242 e. The van der Waals surface area contributed by atoms with Gasteiger partial charge in [-0.05, 0) is 38.0 Å². The molecule has 0 radical (unpaired) electrons. The molecular weight excluding hydrogens is 344 g/mol. The predicted molar refractivity (Wildman–Crippen MR) is 92.3 cm³/mol. The number of nitrogens with one attached hydrogen (secondary N) is 1. The summed E-state index contributed by atoms with van der Waals surface area (Å²) in [6, 6.07) is 7.42. The fourth-order valence-corrected chi connectivity index (χ4v) is 2.30. The van der Waals surface area contributed by atoms with Crippen LogP contribution in [-0.2, 0) is 16.1 Å². The van der Waals surface area contributed by atoms with Crippen molar-refractivity contribution in [1.82, 2.24) is 10.2 Å². The summed E-state index contributed by atoms with van der Waals surface area (Å²) in [7, 11) is 0. The topological polar surface area (TPSA) is 49.4 Å². The molecule has 0 bridgehead atoms. The van der Waals surface area contributed by atoms with Crippen molar-refractivity contribution in [2.45, 2.75) is 59.2 Å². The average molecular weight is 369 g/mol. The Bertz CT molecular complexity index is 502. The highest BCUT2D eigenvalue weighted by Gasteiger charge is 2.25. The Labute approximate surface area is 141 Å². The van der Waals surface area contributed by atoms with Gasteiger partial charge in [0.2, 0.25) is 11.8 Å². The van der Waals surface area contributed by atoms with Crippen LogP contribution < -0.4 is 5.32 Å². The summed E-state index contributed by atoms with van der Waals surface area (Å²) in [6.45, 7) is 8.02. The number of hydrogen-bond donors (Lipinski definition) is 1. The molecule has 0 aliphatic rings. The fraction of sp³-hybridized carbons (Fsp3) is 0.529. The molecule has 0 saturated carbocycles. The SMILES string of the molecule is CCC(=O)N(Cc1ccc(Br)cc1)C(C)C(=O)NC(C)CC. The number of benzene rings is 1. The average Bonchev–Trinajstić information content (AvgIpc) is 2.52. The van der Waals surface area contributed by atoms with E-state index < -0.39 is 6.04 Å². The van der Waals surface area contributed by atoms with Crippen molar-refractivity contribution in [3.63, 3.8) is 0 Å². The summed E-state index contributed by atoms with van der Waals surface area (Å²) < 4.78 is 0.993. The van der Waals surface area contributed by atoms with Gasteiger partial charge in [0.25, 0.3) is 0 Å². The van der Waals surface area contributed by atoms with Gasteiger partial charge in [-0.25, -0.2) is 0 Å². The minimum Gasteiger partial charge on any atom is -0.352 e. The summed E-state index contributed by atoms with van der Waals surface area (Å²) in [5.74, 6) is -0.122. The van der Waals surface area contributed by atoms with E-state index >= 15 is 0 Å². The third kappa shape index (κ3) is 5.44. The van der Waals surface area contributed by atoms with Gasteiger partial charge in [0.05, 0.1) is 0 Å². The van der Waals surface area contributed by atoms with Gasteiger partial charge < -0.3 is 10.2 Å². The molecule has 5 heteroatoms. The standard InChI is InChI=1S/C17H25BrN2O2/c1-5-12(3)19-17(22)13(4)20(16(21)6-2)11-14-7-9-15(18)10-8-14/h7-10,12-13H,5-6,11H2,1-4H3,(H,19,22). The molecule has 1 aromatic rings. The van der Waals surface area contributed by atoms with Crippen LogP contribution in [0.15, 0.2) is 28.7 Å². The first kappa shape index (κ1) is 18.7. The summed E-state index contributed by atoms with van der Waals surface area (Å²) >= 11 is 3.40. The van der Waals surface area contributed by atoms with Gasteiger partial charge in [0, 0.05) is 23.5 Å². The molecule has 0 spiro atoms. The van der Waals surface area contributed by atoms with Gasteiger partial charge in [0.1, 0.15) is 6.04 Å². The summed E-state index contributed by atoms with van der Waals surface area (Å²) in [5, 5.41) is 2.94. The van der Waals surface area contributed by atoms with Crippen LogP contribution in [0, 0.1) is 0 Å². The zero-order valence-electron chi connectivity index (χ0n) is 13.7. The van der Waals surface area contributed by atoms with Crippen LogP contribution in [0.3, 0.4) is 0 Å². The van der Waals surface area contributed by atoms with Crippen molar-refractivity contribution in [2.24, 2.45) is 0 Å². The van der Waals surface area contributed by atoms with Gasteiger partial charge in [-0.1, -0.05) is 41.9 Å². The number of halogens is 1. The zero-order chi connectivity index (χ0) is 16.7. The Morgan fingerprint density at radius 3 is 2.27 bits per heavy atom. The molecule has 1 aromatic carbocycles. The second-order valence-corrected chi connectivity index (χ2v) is 6.41. The maximum absolute atomic E-state index is 12.3. The Morgan fingerprint density at radius 2 is 1.77 bits per heavy atom. The molecule has 0 heterocycles. The van der Waals surface area contributed by atoms with Crippen LogP contribution >= 0.6 is 15.9 Å². The Balaban J connectivity index is 2.85. The first-order valence-electron chi connectivity index (χ1n) is 7.73. The third-order valence-electron chi connectivity index (χ3n) is 3.74. The first-order valence-corrected chi connectivity index (χ1v) is 8.52. The van der Waals surface area contributed by atoms with E-state index in [0.29, 0.717) is 13.0 Å². The lowest BCUT2D eigenvalue weighted by atomic mass is 10.1. The highest BCUT2D eigenvalue weighted by Crippen LogP contribution is 2.15. The van der Waals surface area contributed by atoms with Crippen LogP contribution in [0.1, 0.15) is 46.1 Å². The van der Waals surface area contributed by atoms with Gasteiger partial charge >= 0.3 is 0 Å². The van der Waals surface area contributed by atoms with Gasteiger partial charge in [-0.3, -0.25) is 9.59 Å². The number of rotatable bonds is 7. The minimum atomic E-state index is -0.481. The maximum Gasteiger partial charge on any atom is 0.242 e. The molecule has 4 nitrogen and oxygen atoms in total. The monoisotopic (exact) mass is 368 g/mol. The van der Waals surface area contributed by atoms with Crippen molar-refractivity contribution in [3.05, 3.63) is 34.3 Å². The first-order chi connectivity index (χ1) is 10.4. The van der Waals surface area contributed by atoms with E-state index in [0.717, 1.165) is 16.5 Å². The second-order valence-electron chi connectivity index (χ2n) is 5.50. The van der Waals surface area contributed by atoms with E-state index in [2.05, 4.69) is 21.2 Å². The van der Waals surface area contributed by atoms with Crippen LogP contribution in [0.4, 0.5) is 0 Å². The molecule has 0 aromatic heterocycles. The number of amides is 2. The van der Waals surface area contributed by atoms with Crippen molar-refractivity contribution in [1.29, 1.82) is 0 Å². The summed E-state index contributed by atoms with van der Waals surface area (Å²) in [6.07, 6.45) is 1.25. The molecule has 122 valence electrons. The van der Waals surface area contributed by atoms with E-state index in [1.54, 1.807) is 11.8 Å². The molecule has 2 atom stereocenters. The van der Waals surface area contributed by atoms with Gasteiger partial charge in [-0.2, -0.15) is 0 Å². The number of nitrogens with zero attached hydrogens (tertiary/aromatic N) is 1. The van der Waals surface area contributed by atoms with E-state index in [1.165, 1.54) is 0 Å². The Kier molecular flexibility index (Phi) is 7.59. The van der Waals surface area contributed by atoms with Crippen LogP contribution in [-0.4, -0.2) is 28.8 Å². The van der Waals surface area contributed by atoms with Crippen LogP contribution in [0.5, 0.6) is 0 Å². The molecule has 1 N–H and O–H groups in total. The van der Waals surface area contributed by atoms with Crippen molar-refractivity contribution >= 4 is 27.7 Å². The molecule has 0 saturated heterocycles. The van der Waals surface area contributed by atoms with E-state index in [-0.39, 0.29) is 17.9 Å². The highest BCUT2D eigenvalue weighted by molar-refractivity contribution is 9.10. The Hall–Kier alpha value is -1.36. The molecule has 0 fully saturated rings. The van der Waals surface area contributed by atoms with Gasteiger partial charge in [-0.15, -0.1) is 0 Å².